The van der Waals surface area contributed by atoms with E-state index in [9.17, 15) is 28.1 Å². The number of rotatable bonds is 8. The van der Waals surface area contributed by atoms with Gasteiger partial charge in [-0.25, -0.2) is 8.61 Å². The second-order valence-electron chi connectivity index (χ2n) is 5.96. The molecular formula is C16H21N3O6S2. The van der Waals surface area contributed by atoms with E-state index in [0.717, 1.165) is 19.9 Å². The van der Waals surface area contributed by atoms with Gasteiger partial charge in [-0.05, 0) is 25.0 Å². The quantitative estimate of drug-likeness (QED) is 0.279. The van der Waals surface area contributed by atoms with E-state index in [1.165, 1.54) is 18.2 Å². The van der Waals surface area contributed by atoms with Gasteiger partial charge in [-0.1, -0.05) is 38.0 Å². The van der Waals surface area contributed by atoms with E-state index in [4.69, 9.17) is 0 Å². The molecule has 0 bridgehead atoms. The van der Waals surface area contributed by atoms with Gasteiger partial charge in [0.15, 0.2) is 0 Å². The highest BCUT2D eigenvalue weighted by Gasteiger charge is 2.45. The molecule has 1 saturated heterocycles. The molecule has 9 nitrogen and oxygen atoms in total. The van der Waals surface area contributed by atoms with Crippen molar-refractivity contribution >= 4 is 44.4 Å². The lowest BCUT2D eigenvalue weighted by Gasteiger charge is -2.35. The zero-order chi connectivity index (χ0) is 20.2. The van der Waals surface area contributed by atoms with Crippen LogP contribution in [0.15, 0.2) is 17.7 Å². The second-order valence-corrected chi connectivity index (χ2v) is 8.83. The summed E-state index contributed by atoms with van der Waals surface area (Å²) in [6.07, 6.45) is 3.53. The molecule has 0 aliphatic carbocycles. The van der Waals surface area contributed by atoms with Crippen LogP contribution in [-0.2, 0) is 19.8 Å². The molecule has 0 atom stereocenters. The Morgan fingerprint density at radius 3 is 2.00 bits per heavy atom. The van der Waals surface area contributed by atoms with E-state index in [2.05, 4.69) is 0 Å². The molecule has 2 rings (SSSR count). The van der Waals surface area contributed by atoms with Crippen LogP contribution in [0.1, 0.15) is 44.4 Å². The van der Waals surface area contributed by atoms with E-state index in [-0.39, 0.29) is 23.7 Å². The van der Waals surface area contributed by atoms with Crippen molar-refractivity contribution in [1.29, 1.82) is 0 Å². The van der Waals surface area contributed by atoms with Crippen molar-refractivity contribution in [3.8, 4) is 0 Å². The van der Waals surface area contributed by atoms with Gasteiger partial charge in [-0.15, -0.1) is 0 Å². The normalized spacial score (nSPS) is 16.7. The summed E-state index contributed by atoms with van der Waals surface area (Å²) in [5.41, 5.74) is -0.297. The van der Waals surface area contributed by atoms with Gasteiger partial charge in [0.2, 0.25) is 0 Å². The highest BCUT2D eigenvalue weighted by molar-refractivity contribution is 7.88. The molecule has 0 unspecified atom stereocenters. The zero-order valence-corrected chi connectivity index (χ0v) is 16.7. The lowest BCUT2D eigenvalue weighted by atomic mass is 10.2. The number of thiophene rings is 1. The molecule has 0 aromatic carbocycles. The van der Waals surface area contributed by atoms with Gasteiger partial charge in [-0.2, -0.15) is 8.42 Å². The first-order chi connectivity index (χ1) is 12.7. The van der Waals surface area contributed by atoms with E-state index in [1.807, 2.05) is 13.8 Å². The molecular weight excluding hydrogens is 394 g/mol. The smallest absolute Gasteiger partial charge is 0.268 e. The molecule has 148 valence electrons. The predicted octanol–water partition coefficient (Wildman–Crippen LogP) is 2.56. The summed E-state index contributed by atoms with van der Waals surface area (Å²) in [4.78, 5) is 36.0. The van der Waals surface area contributed by atoms with Crippen molar-refractivity contribution in [3.05, 3.63) is 32.7 Å². The van der Waals surface area contributed by atoms with E-state index >= 15 is 0 Å². The third kappa shape index (κ3) is 4.35. The molecule has 1 aliphatic rings. The third-order valence-corrected chi connectivity index (χ3v) is 6.77. The molecule has 1 aromatic heterocycles. The molecule has 11 heteroatoms. The molecule has 1 aromatic rings. The van der Waals surface area contributed by atoms with E-state index in [1.54, 1.807) is 0 Å². The fourth-order valence-electron chi connectivity index (χ4n) is 2.51. The Hall–Kier alpha value is -2.27. The number of amides is 2. The largest absolute Gasteiger partial charge is 0.331 e. The molecule has 0 spiro atoms. The molecule has 0 radical (unpaired) electrons. The van der Waals surface area contributed by atoms with Crippen molar-refractivity contribution in [3.63, 3.8) is 0 Å². The molecule has 2 amide bonds. The fraction of sp³-hybridized carbons (Fsp3) is 0.500. The molecule has 0 N–H and O–H groups in total. The van der Waals surface area contributed by atoms with Crippen LogP contribution >= 0.6 is 11.3 Å². The first-order valence-corrected chi connectivity index (χ1v) is 10.8. The Morgan fingerprint density at radius 2 is 1.59 bits per heavy atom. The number of nitro groups is 1. The second kappa shape index (κ2) is 8.61. The SMILES string of the molecule is CCCCN1C(=O)C(=Cc2ccc([N+](=O)[O-])s2)C(=O)N(CCCC)S1(=O)=O. The first-order valence-electron chi connectivity index (χ1n) is 8.59. The molecule has 0 saturated carbocycles. The van der Waals surface area contributed by atoms with E-state index < -0.39 is 26.9 Å². The van der Waals surface area contributed by atoms with Crippen molar-refractivity contribution in [2.24, 2.45) is 0 Å². The van der Waals surface area contributed by atoms with Gasteiger partial charge in [0.05, 0.1) is 4.92 Å². The Morgan fingerprint density at radius 1 is 1.07 bits per heavy atom. The van der Waals surface area contributed by atoms with Crippen LogP contribution in [0.25, 0.3) is 6.08 Å². The minimum absolute atomic E-state index is 0.0184. The fourth-order valence-corrected chi connectivity index (χ4v) is 4.85. The zero-order valence-electron chi connectivity index (χ0n) is 15.1. The number of hydrogen-bond acceptors (Lipinski definition) is 7. The Bertz CT molecular complexity index is 838. The maximum atomic E-state index is 12.7. The Balaban J connectivity index is 2.48. The number of carbonyl (C=O) groups excluding carboxylic acids is 2. The highest BCUT2D eigenvalue weighted by atomic mass is 32.2. The standard InChI is InChI=1S/C16H21N3O6S2/c1-3-5-9-17-15(20)13(11-12-7-8-14(26-12)19(22)23)16(21)18(10-6-4-2)27(17,24)25/h7-8,11H,3-6,9-10H2,1-2H3. The van der Waals surface area contributed by atoms with Crippen molar-refractivity contribution in [2.75, 3.05) is 13.1 Å². The lowest BCUT2D eigenvalue weighted by molar-refractivity contribution is -0.380. The number of nitrogens with zero attached hydrogens (tertiary/aromatic N) is 3. The molecule has 2 heterocycles. The number of unbranched alkanes of at least 4 members (excludes halogenated alkanes) is 2. The van der Waals surface area contributed by atoms with Crippen LogP contribution in [0.4, 0.5) is 5.00 Å². The predicted molar refractivity (Wildman–Crippen MR) is 101 cm³/mol. The van der Waals surface area contributed by atoms with Crippen LogP contribution < -0.4 is 0 Å². The maximum Gasteiger partial charge on any atom is 0.331 e. The van der Waals surface area contributed by atoms with Crippen LogP contribution in [0.2, 0.25) is 0 Å². The monoisotopic (exact) mass is 415 g/mol. The van der Waals surface area contributed by atoms with Gasteiger partial charge in [0.25, 0.3) is 11.8 Å². The van der Waals surface area contributed by atoms with Crippen LogP contribution in [0, 0.1) is 10.1 Å². The molecule has 27 heavy (non-hydrogen) atoms. The van der Waals surface area contributed by atoms with Gasteiger partial charge in [0.1, 0.15) is 5.57 Å². The third-order valence-electron chi connectivity index (χ3n) is 3.98. The summed E-state index contributed by atoms with van der Waals surface area (Å²) in [6.45, 7) is 3.69. The van der Waals surface area contributed by atoms with Gasteiger partial charge in [-0.3, -0.25) is 19.7 Å². The average molecular weight is 415 g/mol. The van der Waals surface area contributed by atoms with E-state index in [0.29, 0.717) is 30.6 Å². The number of hydrogen-bond donors (Lipinski definition) is 0. The summed E-state index contributed by atoms with van der Waals surface area (Å²) in [5.74, 6) is -1.78. The van der Waals surface area contributed by atoms with Crippen LogP contribution in [-0.4, -0.2) is 46.9 Å². The summed E-state index contributed by atoms with van der Waals surface area (Å²) >= 11 is 0.810. The molecule has 1 fully saturated rings. The topological polar surface area (TPSA) is 118 Å². The minimum Gasteiger partial charge on any atom is -0.268 e. The van der Waals surface area contributed by atoms with Crippen molar-refractivity contribution in [2.45, 2.75) is 39.5 Å². The lowest BCUT2D eigenvalue weighted by Crippen LogP contribution is -2.56. The van der Waals surface area contributed by atoms with Crippen molar-refractivity contribution in [1.82, 2.24) is 8.61 Å². The minimum atomic E-state index is -4.22. The Kier molecular flexibility index (Phi) is 6.71. The Labute approximate surface area is 161 Å². The first kappa shape index (κ1) is 21.0. The maximum absolute atomic E-state index is 12.7. The molecule has 1 aliphatic heterocycles. The number of carbonyl (C=O) groups is 2. The summed E-state index contributed by atoms with van der Waals surface area (Å²) in [7, 11) is -4.22. The van der Waals surface area contributed by atoms with Crippen LogP contribution in [0.3, 0.4) is 0 Å². The van der Waals surface area contributed by atoms with Crippen molar-refractivity contribution < 1.29 is 22.9 Å². The summed E-state index contributed by atoms with van der Waals surface area (Å²) in [5, 5.41) is 10.7. The van der Waals surface area contributed by atoms with Crippen LogP contribution in [0.5, 0.6) is 0 Å². The average Bonchev–Trinajstić information content (AvgIpc) is 3.07. The van der Waals surface area contributed by atoms with Gasteiger partial charge in [0, 0.05) is 24.0 Å². The van der Waals surface area contributed by atoms with Gasteiger partial charge < -0.3 is 0 Å². The summed E-state index contributed by atoms with van der Waals surface area (Å²) in [6, 6.07) is 2.70. The highest BCUT2D eigenvalue weighted by Crippen LogP contribution is 2.29. The van der Waals surface area contributed by atoms with Gasteiger partial charge >= 0.3 is 15.2 Å². The summed E-state index contributed by atoms with van der Waals surface area (Å²) < 4.78 is 26.9.